The highest BCUT2D eigenvalue weighted by Crippen LogP contribution is 2.14. The molecule has 0 aliphatic carbocycles. The van der Waals surface area contributed by atoms with E-state index in [1.165, 1.54) is 70.6 Å². The second-order valence-corrected chi connectivity index (χ2v) is 21.3. The standard InChI is InChI=1S/C76H120O6/c1-4-7-10-13-16-19-22-25-27-29-31-33-35-37-38-40-41-43-45-47-49-51-54-57-60-63-66-69-75(78)81-72-73(71-80-74(77)68-65-62-59-56-53-24-21-18-15-12-9-6-3)82-76(79)70-67-64-61-58-55-52-50-48-46-44-42-39-36-34-32-30-28-26-23-20-17-14-11-8-5-2/h7-8,10-11,16-21,25-28,31-34,37-39,41-43,47,49,54,57,73H,4-6,9,12-15,22-24,29-30,35-36,40,44-46,48,50-53,55-56,58-72H2,1-3H3/b10-7-,11-8-,19-16-,20-17-,21-18-,27-25-,28-26-,33-31-,34-32-,38-37-,42-39-,43-41-,49-47-,57-54-. The first-order valence-corrected chi connectivity index (χ1v) is 33.1. The van der Waals surface area contributed by atoms with E-state index in [0.717, 1.165) is 154 Å². The van der Waals surface area contributed by atoms with Gasteiger partial charge >= 0.3 is 17.9 Å². The number of carbonyl (C=O) groups is 3. The summed E-state index contributed by atoms with van der Waals surface area (Å²) in [7, 11) is 0. The molecule has 0 spiro atoms. The van der Waals surface area contributed by atoms with Crippen LogP contribution >= 0.6 is 0 Å². The van der Waals surface area contributed by atoms with Gasteiger partial charge in [-0.25, -0.2) is 0 Å². The van der Waals surface area contributed by atoms with Crippen molar-refractivity contribution in [3.8, 4) is 0 Å². The number of carbonyl (C=O) groups excluding carboxylic acids is 3. The Morgan fingerprint density at radius 2 is 0.476 bits per heavy atom. The fourth-order valence-corrected chi connectivity index (χ4v) is 8.54. The van der Waals surface area contributed by atoms with E-state index in [9.17, 15) is 14.4 Å². The summed E-state index contributed by atoms with van der Waals surface area (Å²) in [6.07, 6.45) is 101. The number of ether oxygens (including phenoxy) is 3. The maximum absolute atomic E-state index is 12.9. The predicted octanol–water partition coefficient (Wildman–Crippen LogP) is 23.0. The smallest absolute Gasteiger partial charge is 0.306 e. The molecule has 0 aromatic carbocycles. The summed E-state index contributed by atoms with van der Waals surface area (Å²) in [5, 5.41) is 0. The summed E-state index contributed by atoms with van der Waals surface area (Å²) < 4.78 is 16.9. The Morgan fingerprint density at radius 3 is 0.780 bits per heavy atom. The van der Waals surface area contributed by atoms with Crippen molar-refractivity contribution in [3.63, 3.8) is 0 Å². The molecule has 0 N–H and O–H groups in total. The molecule has 0 rings (SSSR count). The molecule has 0 aliphatic rings. The average Bonchev–Trinajstić information content (AvgIpc) is 3.47. The van der Waals surface area contributed by atoms with Crippen molar-refractivity contribution in [1.82, 2.24) is 0 Å². The minimum Gasteiger partial charge on any atom is -0.462 e. The van der Waals surface area contributed by atoms with Crippen LogP contribution in [0.3, 0.4) is 0 Å². The maximum atomic E-state index is 12.9. The van der Waals surface area contributed by atoms with Crippen molar-refractivity contribution in [3.05, 3.63) is 170 Å². The number of hydrogen-bond acceptors (Lipinski definition) is 6. The third-order valence-corrected chi connectivity index (χ3v) is 13.4. The van der Waals surface area contributed by atoms with Crippen molar-refractivity contribution in [2.75, 3.05) is 13.2 Å². The van der Waals surface area contributed by atoms with Gasteiger partial charge < -0.3 is 14.2 Å². The molecule has 0 aromatic rings. The van der Waals surface area contributed by atoms with Crippen LogP contribution in [0.15, 0.2) is 170 Å². The van der Waals surface area contributed by atoms with Gasteiger partial charge in [0.1, 0.15) is 13.2 Å². The molecule has 0 fully saturated rings. The van der Waals surface area contributed by atoms with Crippen molar-refractivity contribution in [2.24, 2.45) is 0 Å². The van der Waals surface area contributed by atoms with E-state index < -0.39 is 6.10 Å². The van der Waals surface area contributed by atoms with E-state index in [1.807, 2.05) is 0 Å². The zero-order valence-corrected chi connectivity index (χ0v) is 52.7. The van der Waals surface area contributed by atoms with Gasteiger partial charge in [-0.1, -0.05) is 268 Å². The molecule has 6 heteroatoms. The molecular formula is C76H120O6. The molecule has 0 aromatic heterocycles. The highest BCUT2D eigenvalue weighted by atomic mass is 16.6. The molecule has 0 aliphatic heterocycles. The minimum atomic E-state index is -0.813. The lowest BCUT2D eigenvalue weighted by atomic mass is 10.1. The van der Waals surface area contributed by atoms with Crippen LogP contribution in [-0.2, 0) is 28.6 Å². The lowest BCUT2D eigenvalue weighted by Gasteiger charge is -2.18. The lowest BCUT2D eigenvalue weighted by molar-refractivity contribution is -0.167. The first-order valence-electron chi connectivity index (χ1n) is 33.1. The Kier molecular flexibility index (Phi) is 63.9. The summed E-state index contributed by atoms with van der Waals surface area (Å²) in [5.41, 5.74) is 0. The van der Waals surface area contributed by atoms with Gasteiger partial charge in [-0.3, -0.25) is 14.4 Å². The Morgan fingerprint density at radius 1 is 0.256 bits per heavy atom. The van der Waals surface area contributed by atoms with Gasteiger partial charge in [0, 0.05) is 19.3 Å². The van der Waals surface area contributed by atoms with Crippen LogP contribution in [0.5, 0.6) is 0 Å². The molecule has 6 nitrogen and oxygen atoms in total. The number of rotatable bonds is 58. The summed E-state index contributed by atoms with van der Waals surface area (Å²) in [6.45, 7) is 6.34. The minimum absolute atomic E-state index is 0.106. The second kappa shape index (κ2) is 68.3. The SMILES string of the molecule is CC/C=C\C/C=C\C/C=C\C/C=C\C/C=C\C/C=C\C/C=C\C/C=C\CCCCC(=O)OCC(COC(=O)CCCCCCC/C=C\CCCCC)OC(=O)CCCCCCCCCCC/C=C\C/C=C\C/C=C\C/C=C\C/C=C\CC. The van der Waals surface area contributed by atoms with E-state index >= 15 is 0 Å². The second-order valence-electron chi connectivity index (χ2n) is 21.3. The van der Waals surface area contributed by atoms with Gasteiger partial charge in [0.25, 0.3) is 0 Å². The number of unbranched alkanes of at least 4 members (excludes halogenated alkanes) is 19. The van der Waals surface area contributed by atoms with Crippen LogP contribution < -0.4 is 0 Å². The number of allylic oxidation sites excluding steroid dienone is 28. The highest BCUT2D eigenvalue weighted by Gasteiger charge is 2.19. The lowest BCUT2D eigenvalue weighted by Crippen LogP contribution is -2.30. The Bertz CT molecular complexity index is 1870. The molecule has 0 saturated carbocycles. The van der Waals surface area contributed by atoms with E-state index in [2.05, 4.69) is 191 Å². The first-order chi connectivity index (χ1) is 40.5. The topological polar surface area (TPSA) is 78.9 Å². The van der Waals surface area contributed by atoms with Crippen molar-refractivity contribution in [2.45, 2.75) is 277 Å². The van der Waals surface area contributed by atoms with Gasteiger partial charge in [0.15, 0.2) is 6.10 Å². The fourth-order valence-electron chi connectivity index (χ4n) is 8.54. The summed E-state index contributed by atoms with van der Waals surface area (Å²) in [4.78, 5) is 38.3. The molecule has 1 unspecified atom stereocenters. The monoisotopic (exact) mass is 1130 g/mol. The van der Waals surface area contributed by atoms with Crippen LogP contribution in [0, 0.1) is 0 Å². The Balaban J connectivity index is 4.44. The van der Waals surface area contributed by atoms with E-state index in [0.29, 0.717) is 25.7 Å². The van der Waals surface area contributed by atoms with Crippen LogP contribution in [0.2, 0.25) is 0 Å². The van der Waals surface area contributed by atoms with E-state index in [-0.39, 0.29) is 31.1 Å². The molecule has 0 radical (unpaired) electrons. The molecule has 460 valence electrons. The predicted molar refractivity (Wildman–Crippen MR) is 357 cm³/mol. The van der Waals surface area contributed by atoms with E-state index in [1.54, 1.807) is 0 Å². The first kappa shape index (κ1) is 76.8. The van der Waals surface area contributed by atoms with Crippen LogP contribution in [0.1, 0.15) is 271 Å². The summed E-state index contributed by atoms with van der Waals surface area (Å²) in [5.74, 6) is -0.970. The molecule has 0 heterocycles. The zero-order chi connectivity index (χ0) is 59.2. The van der Waals surface area contributed by atoms with Gasteiger partial charge in [-0.15, -0.1) is 0 Å². The van der Waals surface area contributed by atoms with Crippen LogP contribution in [-0.4, -0.2) is 37.2 Å². The molecule has 0 bridgehead atoms. The van der Waals surface area contributed by atoms with Gasteiger partial charge in [0.2, 0.25) is 0 Å². The quantitative estimate of drug-likeness (QED) is 0.0261. The average molecular weight is 1130 g/mol. The van der Waals surface area contributed by atoms with Gasteiger partial charge in [0.05, 0.1) is 0 Å². The molecule has 1 atom stereocenters. The van der Waals surface area contributed by atoms with Crippen LogP contribution in [0.25, 0.3) is 0 Å². The maximum Gasteiger partial charge on any atom is 0.306 e. The third-order valence-electron chi connectivity index (χ3n) is 13.4. The normalized spacial score (nSPS) is 13.3. The largest absolute Gasteiger partial charge is 0.462 e. The van der Waals surface area contributed by atoms with Crippen LogP contribution in [0.4, 0.5) is 0 Å². The van der Waals surface area contributed by atoms with Crippen molar-refractivity contribution >= 4 is 17.9 Å². The molecule has 0 amide bonds. The highest BCUT2D eigenvalue weighted by molar-refractivity contribution is 5.71. The van der Waals surface area contributed by atoms with Crippen molar-refractivity contribution < 1.29 is 28.6 Å². The Hall–Kier alpha value is -5.23. The number of esters is 3. The Labute approximate surface area is 504 Å². The zero-order valence-electron chi connectivity index (χ0n) is 52.7. The molecular weight excluding hydrogens is 1010 g/mol. The summed E-state index contributed by atoms with van der Waals surface area (Å²) >= 11 is 0. The number of hydrogen-bond donors (Lipinski definition) is 0. The summed E-state index contributed by atoms with van der Waals surface area (Å²) in [6, 6.07) is 0. The molecule has 82 heavy (non-hydrogen) atoms. The molecule has 0 saturated heterocycles. The fraction of sp³-hybridized carbons (Fsp3) is 0.592. The van der Waals surface area contributed by atoms with E-state index in [4.69, 9.17) is 14.2 Å². The van der Waals surface area contributed by atoms with Gasteiger partial charge in [-0.05, 0) is 154 Å². The third kappa shape index (κ3) is 65.6. The van der Waals surface area contributed by atoms with Gasteiger partial charge in [-0.2, -0.15) is 0 Å². The van der Waals surface area contributed by atoms with Crippen molar-refractivity contribution in [1.29, 1.82) is 0 Å².